The Balaban J connectivity index is 2.72. The predicted molar refractivity (Wildman–Crippen MR) is 61.4 cm³/mol. The van der Waals surface area contributed by atoms with E-state index in [2.05, 4.69) is 6.07 Å². The van der Waals surface area contributed by atoms with Gasteiger partial charge in [0.25, 0.3) is 0 Å². The van der Waals surface area contributed by atoms with Crippen LogP contribution in [0.1, 0.15) is 41.0 Å². The standard InChI is InChI=1S/C13H19NO2/c1-9(2)6-13(8-14)7-10(13)11(15)16-12(3,4)5/h6,10H,7H2,1-5H3/t10-,13+/m0/s1. The average molecular weight is 221 g/mol. The second-order valence-electron chi connectivity index (χ2n) is 5.66. The first-order valence-electron chi connectivity index (χ1n) is 5.50. The predicted octanol–water partition coefficient (Wildman–Crippen LogP) is 2.82. The fourth-order valence-electron chi connectivity index (χ4n) is 1.78. The van der Waals surface area contributed by atoms with Crippen molar-refractivity contribution >= 4 is 5.97 Å². The van der Waals surface area contributed by atoms with E-state index in [1.807, 2.05) is 40.7 Å². The van der Waals surface area contributed by atoms with Crippen molar-refractivity contribution in [3.8, 4) is 6.07 Å². The Bertz CT molecular complexity index is 366. The maximum Gasteiger partial charge on any atom is 0.311 e. The van der Waals surface area contributed by atoms with Crippen LogP contribution in [-0.4, -0.2) is 11.6 Å². The van der Waals surface area contributed by atoms with Crippen molar-refractivity contribution in [2.75, 3.05) is 0 Å². The third-order valence-electron chi connectivity index (χ3n) is 2.45. The largest absolute Gasteiger partial charge is 0.460 e. The Morgan fingerprint density at radius 1 is 1.50 bits per heavy atom. The lowest BCUT2D eigenvalue weighted by Gasteiger charge is -2.19. The molecule has 0 aliphatic heterocycles. The van der Waals surface area contributed by atoms with Crippen molar-refractivity contribution in [3.63, 3.8) is 0 Å². The van der Waals surface area contributed by atoms with Crippen LogP contribution in [0.15, 0.2) is 11.6 Å². The van der Waals surface area contributed by atoms with Crippen LogP contribution >= 0.6 is 0 Å². The number of hydrogen-bond acceptors (Lipinski definition) is 3. The summed E-state index contributed by atoms with van der Waals surface area (Å²) in [6.07, 6.45) is 2.46. The fourth-order valence-corrected chi connectivity index (χ4v) is 1.78. The third kappa shape index (κ3) is 2.85. The average Bonchev–Trinajstić information content (AvgIpc) is 2.76. The van der Waals surface area contributed by atoms with Gasteiger partial charge in [-0.2, -0.15) is 5.26 Å². The monoisotopic (exact) mass is 221 g/mol. The van der Waals surface area contributed by atoms with Crippen LogP contribution < -0.4 is 0 Å². The minimum Gasteiger partial charge on any atom is -0.460 e. The zero-order valence-electron chi connectivity index (χ0n) is 10.6. The minimum absolute atomic E-state index is 0.258. The fraction of sp³-hybridized carbons (Fsp3) is 0.692. The molecule has 1 fully saturated rings. The van der Waals surface area contributed by atoms with Crippen molar-refractivity contribution in [3.05, 3.63) is 11.6 Å². The van der Waals surface area contributed by atoms with Gasteiger partial charge in [0.1, 0.15) is 5.60 Å². The van der Waals surface area contributed by atoms with Crippen LogP contribution in [0.5, 0.6) is 0 Å². The summed E-state index contributed by atoms with van der Waals surface area (Å²) in [5.74, 6) is -0.543. The number of rotatable bonds is 2. The zero-order valence-corrected chi connectivity index (χ0v) is 10.6. The first-order valence-corrected chi connectivity index (χ1v) is 5.50. The molecule has 0 unspecified atom stereocenters. The van der Waals surface area contributed by atoms with Crippen LogP contribution in [0.2, 0.25) is 0 Å². The van der Waals surface area contributed by atoms with Gasteiger partial charge in [-0.3, -0.25) is 4.79 Å². The molecule has 1 aliphatic carbocycles. The van der Waals surface area contributed by atoms with Crippen LogP contribution in [0.4, 0.5) is 0 Å². The zero-order chi connectivity index (χ0) is 12.6. The lowest BCUT2D eigenvalue weighted by atomic mass is 10.0. The number of carbonyl (C=O) groups is 1. The molecule has 0 aromatic rings. The van der Waals surface area contributed by atoms with Crippen molar-refractivity contribution in [2.24, 2.45) is 11.3 Å². The number of ether oxygens (including phenoxy) is 1. The van der Waals surface area contributed by atoms with Crippen LogP contribution in [0.25, 0.3) is 0 Å². The van der Waals surface area contributed by atoms with E-state index in [0.29, 0.717) is 6.42 Å². The topological polar surface area (TPSA) is 50.1 Å². The number of nitriles is 1. The molecule has 0 saturated heterocycles. The maximum absolute atomic E-state index is 11.8. The van der Waals surface area contributed by atoms with Gasteiger partial charge in [-0.05, 0) is 41.0 Å². The highest BCUT2D eigenvalue weighted by Gasteiger charge is 2.59. The Kier molecular flexibility index (Phi) is 3.14. The van der Waals surface area contributed by atoms with Gasteiger partial charge < -0.3 is 4.74 Å². The summed E-state index contributed by atoms with van der Waals surface area (Å²) in [5, 5.41) is 9.12. The minimum atomic E-state index is -0.610. The molecule has 1 rings (SSSR count). The van der Waals surface area contributed by atoms with E-state index >= 15 is 0 Å². The molecule has 0 bridgehead atoms. The third-order valence-corrected chi connectivity index (χ3v) is 2.45. The SMILES string of the molecule is CC(C)=C[C@]1(C#N)C[C@H]1C(=O)OC(C)(C)C. The smallest absolute Gasteiger partial charge is 0.311 e. The van der Waals surface area contributed by atoms with E-state index in [1.54, 1.807) is 0 Å². The second kappa shape index (κ2) is 3.93. The first-order chi connectivity index (χ1) is 7.20. The molecule has 0 amide bonds. The molecule has 0 aromatic carbocycles. The Morgan fingerprint density at radius 3 is 2.44 bits per heavy atom. The van der Waals surface area contributed by atoms with E-state index < -0.39 is 11.0 Å². The van der Waals surface area contributed by atoms with Crippen LogP contribution in [-0.2, 0) is 9.53 Å². The highest BCUT2D eigenvalue weighted by molar-refractivity contribution is 5.79. The Morgan fingerprint density at radius 2 is 2.06 bits per heavy atom. The van der Waals surface area contributed by atoms with E-state index in [1.165, 1.54) is 0 Å². The summed E-state index contributed by atoms with van der Waals surface area (Å²) in [5.41, 5.74) is -0.0277. The summed E-state index contributed by atoms with van der Waals surface area (Å²) in [6, 6.07) is 2.22. The van der Waals surface area contributed by atoms with Gasteiger partial charge in [0, 0.05) is 0 Å². The quantitative estimate of drug-likeness (QED) is 0.532. The second-order valence-corrected chi connectivity index (χ2v) is 5.66. The lowest BCUT2D eigenvalue weighted by molar-refractivity contribution is -0.157. The van der Waals surface area contributed by atoms with Crippen molar-refractivity contribution in [1.29, 1.82) is 5.26 Å². The molecule has 0 N–H and O–H groups in total. The molecule has 2 atom stereocenters. The molecule has 1 aliphatic rings. The van der Waals surface area contributed by atoms with Gasteiger partial charge in [0.05, 0.1) is 17.4 Å². The van der Waals surface area contributed by atoms with Gasteiger partial charge in [0.15, 0.2) is 0 Å². The molecule has 0 heterocycles. The van der Waals surface area contributed by atoms with Crippen LogP contribution in [0.3, 0.4) is 0 Å². The number of hydrogen-bond donors (Lipinski definition) is 0. The molecular formula is C13H19NO2. The molecule has 88 valence electrons. The molecule has 0 spiro atoms. The van der Waals surface area contributed by atoms with Crippen molar-refractivity contribution in [1.82, 2.24) is 0 Å². The van der Waals surface area contributed by atoms with Gasteiger partial charge in [0.2, 0.25) is 0 Å². The molecule has 3 nitrogen and oxygen atoms in total. The highest BCUT2D eigenvalue weighted by atomic mass is 16.6. The molecule has 3 heteroatoms. The van der Waals surface area contributed by atoms with Crippen LogP contribution in [0, 0.1) is 22.7 Å². The number of allylic oxidation sites excluding steroid dienone is 2. The van der Waals surface area contributed by atoms with Crippen molar-refractivity contribution < 1.29 is 9.53 Å². The summed E-state index contributed by atoms with van der Waals surface area (Å²) in [4.78, 5) is 11.8. The molecule has 0 radical (unpaired) electrons. The van der Waals surface area contributed by atoms with E-state index in [0.717, 1.165) is 5.57 Å². The summed E-state index contributed by atoms with van der Waals surface area (Å²) in [6.45, 7) is 9.37. The normalized spacial score (nSPS) is 27.9. The molecule has 16 heavy (non-hydrogen) atoms. The Labute approximate surface area is 97.1 Å². The number of esters is 1. The van der Waals surface area contributed by atoms with Gasteiger partial charge >= 0.3 is 5.97 Å². The highest BCUT2D eigenvalue weighted by Crippen LogP contribution is 2.54. The van der Waals surface area contributed by atoms with E-state index in [4.69, 9.17) is 10.00 Å². The molecular weight excluding hydrogens is 202 g/mol. The van der Waals surface area contributed by atoms with Gasteiger partial charge in [-0.15, -0.1) is 0 Å². The van der Waals surface area contributed by atoms with E-state index in [-0.39, 0.29) is 11.9 Å². The number of carbonyl (C=O) groups excluding carboxylic acids is 1. The molecule has 1 saturated carbocycles. The lowest BCUT2D eigenvalue weighted by Crippen LogP contribution is -2.26. The number of nitrogens with zero attached hydrogens (tertiary/aromatic N) is 1. The maximum atomic E-state index is 11.8. The summed E-state index contributed by atoms with van der Waals surface area (Å²) in [7, 11) is 0. The molecule has 0 aromatic heterocycles. The first kappa shape index (κ1) is 12.8. The summed E-state index contributed by atoms with van der Waals surface area (Å²) >= 11 is 0. The van der Waals surface area contributed by atoms with E-state index in [9.17, 15) is 4.79 Å². The van der Waals surface area contributed by atoms with Gasteiger partial charge in [-0.1, -0.05) is 11.6 Å². The van der Waals surface area contributed by atoms with Gasteiger partial charge in [-0.25, -0.2) is 0 Å². The Hall–Kier alpha value is -1.30. The van der Waals surface area contributed by atoms with Crippen molar-refractivity contribution in [2.45, 2.75) is 46.6 Å². The summed E-state index contributed by atoms with van der Waals surface area (Å²) < 4.78 is 5.28.